The van der Waals surface area contributed by atoms with Crippen LogP contribution in [0.15, 0.2) is 40.9 Å². The van der Waals surface area contributed by atoms with Crippen molar-refractivity contribution in [3.8, 4) is 0 Å². The maximum absolute atomic E-state index is 13.1. The third kappa shape index (κ3) is 3.56. The van der Waals surface area contributed by atoms with Crippen molar-refractivity contribution >= 4 is 27.5 Å². The van der Waals surface area contributed by atoms with E-state index in [9.17, 15) is 4.39 Å². The zero-order valence-corrected chi connectivity index (χ0v) is 12.8. The molecule has 0 saturated carbocycles. The lowest BCUT2D eigenvalue weighted by Gasteiger charge is -2.15. The van der Waals surface area contributed by atoms with Crippen molar-refractivity contribution in [2.75, 3.05) is 0 Å². The van der Waals surface area contributed by atoms with Gasteiger partial charge in [-0.25, -0.2) is 4.39 Å². The van der Waals surface area contributed by atoms with Gasteiger partial charge in [0.25, 0.3) is 0 Å². The molecule has 2 rings (SSSR count). The van der Waals surface area contributed by atoms with Gasteiger partial charge in [-0.3, -0.25) is 0 Å². The molecule has 0 aliphatic rings. The smallest absolute Gasteiger partial charge is 0.123 e. The van der Waals surface area contributed by atoms with E-state index in [2.05, 4.69) is 15.9 Å². The maximum Gasteiger partial charge on any atom is 0.123 e. The Kier molecular flexibility index (Phi) is 4.61. The van der Waals surface area contributed by atoms with E-state index in [1.54, 1.807) is 6.07 Å². The lowest BCUT2D eigenvalue weighted by Crippen LogP contribution is -2.14. The lowest BCUT2D eigenvalue weighted by molar-refractivity contribution is 0.624. The molecule has 0 aliphatic heterocycles. The highest BCUT2D eigenvalue weighted by molar-refractivity contribution is 9.10. The first-order valence-corrected chi connectivity index (χ1v) is 7.10. The van der Waals surface area contributed by atoms with Gasteiger partial charge in [0.1, 0.15) is 5.82 Å². The minimum Gasteiger partial charge on any atom is -0.324 e. The summed E-state index contributed by atoms with van der Waals surface area (Å²) in [6.07, 6.45) is 0.632. The number of aryl methyl sites for hydroxylation is 1. The molecule has 2 aromatic carbocycles. The number of rotatable bonds is 3. The molecule has 4 heteroatoms. The van der Waals surface area contributed by atoms with Gasteiger partial charge in [0.05, 0.1) is 0 Å². The SMILES string of the molecule is Cc1cc(F)ccc1CC(N)c1ccc(Br)cc1Cl. The second-order valence-electron chi connectivity index (χ2n) is 4.55. The first-order chi connectivity index (χ1) is 8.97. The molecule has 0 amide bonds. The molecule has 1 nitrogen and oxygen atoms in total. The number of hydrogen-bond acceptors (Lipinski definition) is 1. The van der Waals surface area contributed by atoms with Gasteiger partial charge in [-0.1, -0.05) is 39.7 Å². The van der Waals surface area contributed by atoms with Gasteiger partial charge in [-0.05, 0) is 54.3 Å². The number of nitrogens with two attached hydrogens (primary N) is 1. The Morgan fingerprint density at radius 3 is 2.63 bits per heavy atom. The first kappa shape index (κ1) is 14.5. The van der Waals surface area contributed by atoms with Crippen molar-refractivity contribution in [2.24, 2.45) is 5.73 Å². The predicted octanol–water partition coefficient (Wildman–Crippen LogP) is 4.79. The van der Waals surface area contributed by atoms with Gasteiger partial charge in [0.15, 0.2) is 0 Å². The second-order valence-corrected chi connectivity index (χ2v) is 5.87. The van der Waals surface area contributed by atoms with Crippen LogP contribution in [0, 0.1) is 12.7 Å². The summed E-state index contributed by atoms with van der Waals surface area (Å²) in [5.74, 6) is -0.225. The zero-order valence-electron chi connectivity index (χ0n) is 10.5. The molecule has 0 fully saturated rings. The highest BCUT2D eigenvalue weighted by Gasteiger charge is 2.12. The first-order valence-electron chi connectivity index (χ1n) is 5.93. The third-order valence-corrected chi connectivity index (χ3v) is 3.93. The summed E-state index contributed by atoms with van der Waals surface area (Å²) in [5, 5.41) is 0.640. The van der Waals surface area contributed by atoms with Gasteiger partial charge in [-0.15, -0.1) is 0 Å². The minimum absolute atomic E-state index is 0.204. The molecule has 0 heterocycles. The molecule has 1 atom stereocenters. The van der Waals surface area contributed by atoms with Crippen molar-refractivity contribution in [3.63, 3.8) is 0 Å². The van der Waals surface area contributed by atoms with E-state index < -0.39 is 0 Å². The van der Waals surface area contributed by atoms with Gasteiger partial charge in [0, 0.05) is 15.5 Å². The molecular formula is C15H14BrClFN. The molecule has 2 aromatic rings. The molecule has 0 radical (unpaired) electrons. The van der Waals surface area contributed by atoms with E-state index in [0.29, 0.717) is 11.4 Å². The summed E-state index contributed by atoms with van der Waals surface area (Å²) >= 11 is 9.55. The number of halogens is 3. The Bertz CT molecular complexity index is 601. The van der Waals surface area contributed by atoms with E-state index in [4.69, 9.17) is 17.3 Å². The summed E-state index contributed by atoms with van der Waals surface area (Å²) in [5.41, 5.74) is 9.03. The molecule has 19 heavy (non-hydrogen) atoms. The van der Waals surface area contributed by atoms with E-state index in [1.807, 2.05) is 25.1 Å². The standard InChI is InChI=1S/C15H14BrClFN/c1-9-6-12(18)4-2-10(9)7-15(19)13-5-3-11(16)8-14(13)17/h2-6,8,15H,7,19H2,1H3. The number of hydrogen-bond donors (Lipinski definition) is 1. The van der Waals surface area contributed by atoms with Crippen molar-refractivity contribution in [3.05, 3.63) is 68.4 Å². The van der Waals surface area contributed by atoms with E-state index >= 15 is 0 Å². The predicted molar refractivity (Wildman–Crippen MR) is 80.9 cm³/mol. The van der Waals surface area contributed by atoms with Crippen LogP contribution in [-0.2, 0) is 6.42 Å². The Labute approximate surface area is 125 Å². The molecule has 100 valence electrons. The van der Waals surface area contributed by atoms with Crippen LogP contribution in [0.4, 0.5) is 4.39 Å². The van der Waals surface area contributed by atoms with Crippen LogP contribution in [0.25, 0.3) is 0 Å². The zero-order chi connectivity index (χ0) is 14.0. The molecule has 1 unspecified atom stereocenters. The topological polar surface area (TPSA) is 26.0 Å². The summed E-state index contributed by atoms with van der Waals surface area (Å²) in [6.45, 7) is 1.88. The van der Waals surface area contributed by atoms with E-state index in [-0.39, 0.29) is 11.9 Å². The fourth-order valence-corrected chi connectivity index (χ4v) is 2.85. The Hall–Kier alpha value is -0.900. The van der Waals surface area contributed by atoms with Gasteiger partial charge < -0.3 is 5.73 Å². The molecule has 2 N–H and O–H groups in total. The highest BCUT2D eigenvalue weighted by Crippen LogP contribution is 2.28. The van der Waals surface area contributed by atoms with Crippen LogP contribution in [0.5, 0.6) is 0 Å². The summed E-state index contributed by atoms with van der Waals surface area (Å²) in [4.78, 5) is 0. The number of benzene rings is 2. The molecular weight excluding hydrogens is 329 g/mol. The Morgan fingerprint density at radius 1 is 1.26 bits per heavy atom. The van der Waals surface area contributed by atoms with Crippen molar-refractivity contribution < 1.29 is 4.39 Å². The van der Waals surface area contributed by atoms with Crippen LogP contribution in [0.3, 0.4) is 0 Å². The van der Waals surface area contributed by atoms with Crippen molar-refractivity contribution in [1.82, 2.24) is 0 Å². The monoisotopic (exact) mass is 341 g/mol. The molecule has 0 aromatic heterocycles. The van der Waals surface area contributed by atoms with Crippen molar-refractivity contribution in [1.29, 1.82) is 0 Å². The second kappa shape index (κ2) is 6.04. The fraction of sp³-hybridized carbons (Fsp3) is 0.200. The quantitative estimate of drug-likeness (QED) is 0.852. The molecule has 0 aliphatic carbocycles. The highest BCUT2D eigenvalue weighted by atomic mass is 79.9. The Balaban J connectivity index is 2.23. The van der Waals surface area contributed by atoms with Gasteiger partial charge in [-0.2, -0.15) is 0 Å². The average molecular weight is 343 g/mol. The van der Waals surface area contributed by atoms with Crippen LogP contribution in [0.2, 0.25) is 5.02 Å². The molecule has 0 spiro atoms. The van der Waals surface area contributed by atoms with E-state index in [1.165, 1.54) is 12.1 Å². The summed E-state index contributed by atoms with van der Waals surface area (Å²) < 4.78 is 14.0. The minimum atomic E-state index is -0.225. The summed E-state index contributed by atoms with van der Waals surface area (Å²) in [6, 6.07) is 10.2. The van der Waals surface area contributed by atoms with Crippen LogP contribution < -0.4 is 5.73 Å². The van der Waals surface area contributed by atoms with Crippen LogP contribution >= 0.6 is 27.5 Å². The summed E-state index contributed by atoms with van der Waals surface area (Å²) in [7, 11) is 0. The Morgan fingerprint density at radius 2 is 2.00 bits per heavy atom. The molecule has 0 bridgehead atoms. The third-order valence-electron chi connectivity index (χ3n) is 3.11. The van der Waals surface area contributed by atoms with Crippen LogP contribution in [0.1, 0.15) is 22.7 Å². The van der Waals surface area contributed by atoms with Crippen molar-refractivity contribution in [2.45, 2.75) is 19.4 Å². The van der Waals surface area contributed by atoms with Gasteiger partial charge in [0.2, 0.25) is 0 Å². The normalized spacial score (nSPS) is 12.5. The van der Waals surface area contributed by atoms with Crippen LogP contribution in [-0.4, -0.2) is 0 Å². The average Bonchev–Trinajstić information content (AvgIpc) is 2.32. The van der Waals surface area contributed by atoms with Gasteiger partial charge >= 0.3 is 0 Å². The fourth-order valence-electron chi connectivity index (χ4n) is 2.04. The van der Waals surface area contributed by atoms with E-state index in [0.717, 1.165) is 21.2 Å². The molecule has 0 saturated heterocycles. The maximum atomic E-state index is 13.1. The largest absolute Gasteiger partial charge is 0.324 e. The lowest BCUT2D eigenvalue weighted by atomic mass is 9.97.